The highest BCUT2D eigenvalue weighted by molar-refractivity contribution is 6.44. The van der Waals surface area contributed by atoms with Crippen LogP contribution in [-0.4, -0.2) is 74.2 Å². The number of nitrogens with one attached hydrogen (secondary N) is 2. The number of aromatic amines is 2. The Labute approximate surface area is 233 Å². The van der Waals surface area contributed by atoms with Crippen molar-refractivity contribution in [3.05, 3.63) is 87.6 Å². The van der Waals surface area contributed by atoms with Gasteiger partial charge in [0, 0.05) is 6.21 Å². The van der Waals surface area contributed by atoms with Crippen LogP contribution in [0.3, 0.4) is 0 Å². The zero-order chi connectivity index (χ0) is 29.7. The van der Waals surface area contributed by atoms with Crippen LogP contribution in [0.25, 0.3) is 16.7 Å². The van der Waals surface area contributed by atoms with Gasteiger partial charge in [-0.25, -0.2) is 24.2 Å². The number of carbonyl (C=O) groups excluding carboxylic acids is 4. The first-order chi connectivity index (χ1) is 19.7. The molecule has 4 rings (SSSR count). The summed E-state index contributed by atoms with van der Waals surface area (Å²) in [4.78, 5) is 65.0. The van der Waals surface area contributed by atoms with Gasteiger partial charge in [0.15, 0.2) is 0 Å². The zero-order valence-corrected chi connectivity index (χ0v) is 22.9. The van der Waals surface area contributed by atoms with Gasteiger partial charge in [0.05, 0.1) is 73.2 Å². The van der Waals surface area contributed by atoms with Gasteiger partial charge < -0.3 is 28.9 Å². The molecule has 2 N–H and O–H groups in total. The van der Waals surface area contributed by atoms with Gasteiger partial charge in [0.1, 0.15) is 16.7 Å². The summed E-state index contributed by atoms with van der Waals surface area (Å²) >= 11 is 0. The Morgan fingerprint density at radius 2 is 1.20 bits per heavy atom. The standard InChI is InChI=1S/C29H26N4O8/c1-15(26(34)38-2)16-8-9-19(31-16)24(28(36)40-4)20-12-13-22(33-20)25(29(37)41-5)21-11-10-18(32-21)23(27(35)39-3)17-7-6-14-30-17/h6-14,32-33H,1-5H3/b16-15+,23-17+,24-20?,25-22+. The first-order valence-electron chi connectivity index (χ1n) is 12.1. The van der Waals surface area contributed by atoms with Crippen LogP contribution in [0.15, 0.2) is 75.5 Å². The lowest BCUT2D eigenvalue weighted by molar-refractivity contribution is -0.136. The van der Waals surface area contributed by atoms with Crippen LogP contribution in [0.5, 0.6) is 0 Å². The molecule has 0 saturated carbocycles. The Morgan fingerprint density at radius 1 is 0.634 bits per heavy atom. The van der Waals surface area contributed by atoms with Crippen LogP contribution >= 0.6 is 0 Å². The third kappa shape index (κ3) is 5.62. The summed E-state index contributed by atoms with van der Waals surface area (Å²) in [6.07, 6.45) is 8.04. The Morgan fingerprint density at radius 3 is 1.78 bits per heavy atom. The summed E-state index contributed by atoms with van der Waals surface area (Å²) in [5.41, 5.74) is 2.27. The third-order valence-electron chi connectivity index (χ3n) is 6.20. The van der Waals surface area contributed by atoms with Gasteiger partial charge in [-0.2, -0.15) is 0 Å². The molecule has 0 radical (unpaired) electrons. The molecule has 0 amide bonds. The van der Waals surface area contributed by atoms with Crippen molar-refractivity contribution in [2.75, 3.05) is 28.4 Å². The predicted octanol–water partition coefficient (Wildman–Crippen LogP) is 1.02. The van der Waals surface area contributed by atoms with Crippen molar-refractivity contribution in [1.29, 1.82) is 0 Å². The molecular weight excluding hydrogens is 532 g/mol. The monoisotopic (exact) mass is 558 g/mol. The fourth-order valence-electron chi connectivity index (χ4n) is 4.17. The van der Waals surface area contributed by atoms with Crippen molar-refractivity contribution in [2.24, 2.45) is 9.98 Å². The molecule has 0 unspecified atom stereocenters. The van der Waals surface area contributed by atoms with Gasteiger partial charge in [-0.15, -0.1) is 0 Å². The molecule has 4 heterocycles. The number of methoxy groups -OCH3 is 4. The Bertz CT molecular complexity index is 1740. The van der Waals surface area contributed by atoms with Crippen molar-refractivity contribution in [2.45, 2.75) is 6.92 Å². The number of ether oxygens (including phenoxy) is 4. The molecule has 41 heavy (non-hydrogen) atoms. The number of hydrogen-bond acceptors (Lipinski definition) is 10. The molecule has 0 bridgehead atoms. The number of esters is 4. The molecule has 0 spiro atoms. The summed E-state index contributed by atoms with van der Waals surface area (Å²) in [6, 6.07) is 6.39. The average molecular weight is 559 g/mol. The van der Waals surface area contributed by atoms with Gasteiger partial charge in [-0.05, 0) is 55.5 Å². The molecule has 12 nitrogen and oxygen atoms in total. The van der Waals surface area contributed by atoms with Crippen molar-refractivity contribution < 1.29 is 38.1 Å². The highest BCUT2D eigenvalue weighted by atomic mass is 16.5. The highest BCUT2D eigenvalue weighted by Crippen LogP contribution is 2.25. The second-order valence-corrected chi connectivity index (χ2v) is 8.53. The molecule has 210 valence electrons. The fourth-order valence-corrected chi connectivity index (χ4v) is 4.17. The lowest BCUT2D eigenvalue weighted by Crippen LogP contribution is -2.25. The molecule has 2 aliphatic rings. The molecule has 0 saturated heterocycles. The lowest BCUT2D eigenvalue weighted by atomic mass is 10.1. The van der Waals surface area contributed by atoms with E-state index in [1.54, 1.807) is 61.7 Å². The van der Waals surface area contributed by atoms with Crippen LogP contribution in [0.4, 0.5) is 0 Å². The minimum absolute atomic E-state index is 0.0719. The molecule has 0 aromatic carbocycles. The van der Waals surface area contributed by atoms with E-state index >= 15 is 0 Å². The molecule has 2 aromatic rings. The topological polar surface area (TPSA) is 162 Å². The second-order valence-electron chi connectivity index (χ2n) is 8.53. The average Bonchev–Trinajstić information content (AvgIpc) is 3.81. The molecule has 2 aromatic heterocycles. The summed E-state index contributed by atoms with van der Waals surface area (Å²) in [5.74, 6) is -2.55. The highest BCUT2D eigenvalue weighted by Gasteiger charge is 2.24. The first kappa shape index (κ1) is 28.5. The zero-order valence-electron chi connectivity index (χ0n) is 22.9. The maximum Gasteiger partial charge on any atom is 0.342 e. The van der Waals surface area contributed by atoms with E-state index in [1.165, 1.54) is 28.4 Å². The van der Waals surface area contributed by atoms with E-state index < -0.39 is 23.9 Å². The number of rotatable bonds is 7. The van der Waals surface area contributed by atoms with E-state index in [4.69, 9.17) is 18.9 Å². The van der Waals surface area contributed by atoms with E-state index in [9.17, 15) is 19.2 Å². The Kier molecular flexibility index (Phi) is 8.42. The minimum atomic E-state index is -0.694. The molecule has 2 aliphatic heterocycles. The fraction of sp³-hybridized carbons (Fsp3) is 0.172. The summed E-state index contributed by atoms with van der Waals surface area (Å²) < 4.78 is 19.7. The summed E-state index contributed by atoms with van der Waals surface area (Å²) in [6.45, 7) is 1.56. The number of aromatic nitrogens is 2. The second kappa shape index (κ2) is 12.1. The lowest BCUT2D eigenvalue weighted by Gasteiger charge is -2.06. The smallest absolute Gasteiger partial charge is 0.342 e. The van der Waals surface area contributed by atoms with Gasteiger partial charge in [-0.1, -0.05) is 0 Å². The van der Waals surface area contributed by atoms with Gasteiger partial charge >= 0.3 is 23.9 Å². The molecule has 0 atom stereocenters. The maximum atomic E-state index is 13.0. The van der Waals surface area contributed by atoms with Crippen LogP contribution < -0.4 is 10.7 Å². The first-order valence-corrected chi connectivity index (χ1v) is 12.1. The van der Waals surface area contributed by atoms with Crippen molar-refractivity contribution in [3.8, 4) is 0 Å². The van der Waals surface area contributed by atoms with Gasteiger partial charge in [-0.3, -0.25) is 4.99 Å². The predicted molar refractivity (Wildman–Crippen MR) is 149 cm³/mol. The van der Waals surface area contributed by atoms with Gasteiger partial charge in [0.2, 0.25) is 0 Å². The van der Waals surface area contributed by atoms with Crippen LogP contribution in [0.2, 0.25) is 0 Å². The van der Waals surface area contributed by atoms with Crippen LogP contribution in [0.1, 0.15) is 18.3 Å². The summed E-state index contributed by atoms with van der Waals surface area (Å²) in [5, 5.41) is 0.597. The van der Waals surface area contributed by atoms with Crippen LogP contribution in [-0.2, 0) is 38.1 Å². The van der Waals surface area contributed by atoms with Crippen molar-refractivity contribution in [3.63, 3.8) is 0 Å². The number of aliphatic imine (C=N–C) groups is 2. The summed E-state index contributed by atoms with van der Waals surface area (Å²) in [7, 11) is 4.98. The molecule has 12 heteroatoms. The van der Waals surface area contributed by atoms with E-state index in [-0.39, 0.29) is 28.0 Å². The van der Waals surface area contributed by atoms with Crippen LogP contribution in [0, 0.1) is 0 Å². The quantitative estimate of drug-likeness (QED) is 0.289. The molecule has 0 aliphatic carbocycles. The Balaban J connectivity index is 1.91. The van der Waals surface area contributed by atoms with E-state index in [2.05, 4.69) is 20.0 Å². The molecular formula is C29H26N4O8. The normalized spacial score (nSPS) is 17.5. The third-order valence-corrected chi connectivity index (χ3v) is 6.20. The van der Waals surface area contributed by atoms with Gasteiger partial charge in [0.25, 0.3) is 0 Å². The SMILES string of the molecule is COC(=O)C(C1=N/C(=C(\C)C(=O)OC)C=C1)=c1cc/c(=C(\C(=O)OC)c2ccc(/C(C(=O)OC)=C3/C=CC=N3)[nH]2)[nH]1. The van der Waals surface area contributed by atoms with Crippen molar-refractivity contribution >= 4 is 52.5 Å². The molecule has 0 fully saturated rings. The van der Waals surface area contributed by atoms with E-state index in [1.807, 2.05) is 0 Å². The van der Waals surface area contributed by atoms with Crippen molar-refractivity contribution in [1.82, 2.24) is 9.97 Å². The number of hydrogen-bond donors (Lipinski definition) is 2. The number of H-pyrrole nitrogens is 2. The largest absolute Gasteiger partial charge is 0.466 e. The number of allylic oxidation sites excluding steroid dienone is 4. The minimum Gasteiger partial charge on any atom is -0.466 e. The van der Waals surface area contributed by atoms with E-state index in [0.29, 0.717) is 33.5 Å². The number of nitrogens with zero attached hydrogens (tertiary/aromatic N) is 2. The maximum absolute atomic E-state index is 13.0. The number of carbonyl (C=O) groups is 4. The Hall–Kier alpha value is -5.52. The van der Waals surface area contributed by atoms with E-state index in [0.717, 1.165) is 0 Å².